The third-order valence-corrected chi connectivity index (χ3v) is 5.04. The van der Waals surface area contributed by atoms with Crippen molar-refractivity contribution in [2.75, 3.05) is 6.61 Å². The van der Waals surface area contributed by atoms with Crippen LogP contribution in [0.5, 0.6) is 0 Å². The topological polar surface area (TPSA) is 115 Å². The van der Waals surface area contributed by atoms with E-state index in [2.05, 4.69) is 0 Å². The molecule has 1 aliphatic carbocycles. The van der Waals surface area contributed by atoms with E-state index in [1.54, 1.807) is 4.90 Å². The highest BCUT2D eigenvalue weighted by Gasteiger charge is 2.50. The van der Waals surface area contributed by atoms with Gasteiger partial charge in [0.25, 0.3) is 11.8 Å². The lowest BCUT2D eigenvalue weighted by atomic mass is 9.97. The molecule has 8 heteroatoms. The molecule has 3 heterocycles. The van der Waals surface area contributed by atoms with Gasteiger partial charge in [0.2, 0.25) is 0 Å². The first kappa shape index (κ1) is 14.4. The summed E-state index contributed by atoms with van der Waals surface area (Å²) in [6.45, 7) is 0.798. The van der Waals surface area contributed by atoms with Gasteiger partial charge in [0.05, 0.1) is 25.3 Å². The van der Waals surface area contributed by atoms with Gasteiger partial charge in [-0.2, -0.15) is 0 Å². The molecular formula is C15H17N3O5. The van der Waals surface area contributed by atoms with Crippen LogP contribution in [0.4, 0.5) is 0 Å². The summed E-state index contributed by atoms with van der Waals surface area (Å²) >= 11 is 0. The molecule has 1 aromatic heterocycles. The van der Waals surface area contributed by atoms with Gasteiger partial charge >= 0.3 is 0 Å². The fourth-order valence-electron chi connectivity index (χ4n) is 3.94. The predicted octanol–water partition coefficient (Wildman–Crippen LogP) is -1.10. The Morgan fingerprint density at radius 3 is 2.87 bits per heavy atom. The number of fused-ring (bicyclic) bond motifs is 4. The zero-order valence-corrected chi connectivity index (χ0v) is 12.3. The van der Waals surface area contributed by atoms with Gasteiger partial charge in [-0.3, -0.25) is 14.4 Å². The van der Waals surface area contributed by atoms with E-state index in [4.69, 9.17) is 10.5 Å². The number of ether oxygens (including phenoxy) is 1. The summed E-state index contributed by atoms with van der Waals surface area (Å²) in [4.78, 5) is 37.7. The van der Waals surface area contributed by atoms with E-state index in [0.29, 0.717) is 19.6 Å². The lowest BCUT2D eigenvalue weighted by molar-refractivity contribution is -0.148. The van der Waals surface area contributed by atoms with Crippen LogP contribution in [-0.2, 0) is 11.3 Å². The van der Waals surface area contributed by atoms with Crippen LogP contribution in [0.1, 0.15) is 33.7 Å². The van der Waals surface area contributed by atoms with Crippen LogP contribution in [0.3, 0.4) is 0 Å². The molecule has 23 heavy (non-hydrogen) atoms. The van der Waals surface area contributed by atoms with E-state index >= 15 is 0 Å². The number of rotatable bonds is 1. The van der Waals surface area contributed by atoms with E-state index in [1.807, 2.05) is 0 Å². The number of pyridine rings is 1. The van der Waals surface area contributed by atoms with Crippen LogP contribution < -0.4 is 11.2 Å². The molecule has 0 bridgehead atoms. The van der Waals surface area contributed by atoms with Crippen LogP contribution in [0, 0.1) is 5.92 Å². The van der Waals surface area contributed by atoms with Gasteiger partial charge in [0, 0.05) is 18.2 Å². The molecule has 1 saturated heterocycles. The molecule has 2 aliphatic heterocycles. The molecule has 3 aliphatic rings. The summed E-state index contributed by atoms with van der Waals surface area (Å²) in [5, 5.41) is 10.2. The molecule has 0 spiro atoms. The van der Waals surface area contributed by atoms with Crippen LogP contribution in [0.25, 0.3) is 0 Å². The van der Waals surface area contributed by atoms with Crippen LogP contribution >= 0.6 is 0 Å². The van der Waals surface area contributed by atoms with Crippen molar-refractivity contribution in [2.45, 2.75) is 37.8 Å². The Labute approximate surface area is 131 Å². The second kappa shape index (κ2) is 4.90. The molecular weight excluding hydrogens is 302 g/mol. The maximum Gasteiger partial charge on any atom is 0.273 e. The quantitative estimate of drug-likeness (QED) is 0.682. The second-order valence-electron chi connectivity index (χ2n) is 6.35. The number of nitrogens with zero attached hydrogens (tertiary/aromatic N) is 2. The molecule has 3 N–H and O–H groups in total. The highest BCUT2D eigenvalue weighted by atomic mass is 16.5. The van der Waals surface area contributed by atoms with Gasteiger partial charge in [-0.15, -0.1) is 0 Å². The molecule has 1 aromatic rings. The van der Waals surface area contributed by atoms with Gasteiger partial charge in [0.15, 0.2) is 11.7 Å². The molecule has 1 saturated carbocycles. The molecule has 4 unspecified atom stereocenters. The van der Waals surface area contributed by atoms with Crippen LogP contribution in [0.2, 0.25) is 0 Å². The third kappa shape index (κ3) is 2.02. The highest BCUT2D eigenvalue weighted by Crippen LogP contribution is 2.38. The molecule has 0 aromatic carbocycles. The van der Waals surface area contributed by atoms with Crippen LogP contribution in [0.15, 0.2) is 17.1 Å². The lowest BCUT2D eigenvalue weighted by Crippen LogP contribution is -2.62. The van der Waals surface area contributed by atoms with Crippen molar-refractivity contribution in [1.29, 1.82) is 0 Å². The summed E-state index contributed by atoms with van der Waals surface area (Å²) in [6, 6.07) is 0.866. The summed E-state index contributed by atoms with van der Waals surface area (Å²) in [5.41, 5.74) is 4.66. The first-order chi connectivity index (χ1) is 11.0. The van der Waals surface area contributed by atoms with Gasteiger partial charge in [0.1, 0.15) is 11.3 Å². The van der Waals surface area contributed by atoms with Crippen molar-refractivity contribution in [1.82, 2.24) is 9.47 Å². The third-order valence-electron chi connectivity index (χ3n) is 5.04. The number of aliphatic hydroxyl groups excluding tert-OH is 1. The number of aromatic nitrogens is 1. The highest BCUT2D eigenvalue weighted by molar-refractivity contribution is 5.96. The first-order valence-electron chi connectivity index (χ1n) is 7.64. The smallest absolute Gasteiger partial charge is 0.273 e. The van der Waals surface area contributed by atoms with Gasteiger partial charge in [-0.05, 0) is 12.8 Å². The van der Waals surface area contributed by atoms with E-state index < -0.39 is 23.7 Å². The number of carbonyl (C=O) groups is 2. The summed E-state index contributed by atoms with van der Waals surface area (Å²) in [5.74, 6) is -1.06. The monoisotopic (exact) mass is 319 g/mol. The Morgan fingerprint density at radius 1 is 1.35 bits per heavy atom. The molecule has 2 fully saturated rings. The molecule has 0 radical (unpaired) electrons. The van der Waals surface area contributed by atoms with E-state index in [9.17, 15) is 19.5 Å². The maximum atomic E-state index is 12.8. The number of nitrogens with two attached hydrogens (primary N) is 1. The number of aliphatic hydroxyl groups is 1. The standard InChI is InChI=1S/C15H17N3O5/c16-14(21)8-4-17-5-12-18(15(22)9(17)3-11(8)20)13-7(6-23-12)1-2-10(13)19/h3-4,7,10,12-13,19H,1-2,5-6H2,(H2,16,21). The minimum atomic E-state index is -0.823. The van der Waals surface area contributed by atoms with E-state index in [0.717, 1.165) is 12.5 Å². The van der Waals surface area contributed by atoms with Crippen molar-refractivity contribution in [2.24, 2.45) is 11.7 Å². The summed E-state index contributed by atoms with van der Waals surface area (Å²) in [6.07, 6.45) is 1.69. The SMILES string of the molecule is NC(=O)c1cn2c(cc1=O)C(=O)N1C(C2)OCC2CCC(O)C21. The maximum absolute atomic E-state index is 12.8. The van der Waals surface area contributed by atoms with Crippen molar-refractivity contribution in [3.8, 4) is 0 Å². The zero-order valence-electron chi connectivity index (χ0n) is 12.3. The zero-order chi connectivity index (χ0) is 16.3. The molecule has 8 nitrogen and oxygen atoms in total. The average molecular weight is 319 g/mol. The largest absolute Gasteiger partial charge is 0.391 e. The first-order valence-corrected chi connectivity index (χ1v) is 7.64. The number of amides is 2. The van der Waals surface area contributed by atoms with Crippen LogP contribution in [-0.4, -0.2) is 51.4 Å². The second-order valence-corrected chi connectivity index (χ2v) is 6.35. The van der Waals surface area contributed by atoms with Gasteiger partial charge in [-0.1, -0.05) is 0 Å². The Bertz CT molecular complexity index is 758. The molecule has 4 rings (SSSR count). The summed E-state index contributed by atoms with van der Waals surface area (Å²) in [7, 11) is 0. The van der Waals surface area contributed by atoms with Gasteiger partial charge in [-0.25, -0.2) is 0 Å². The minimum absolute atomic E-state index is 0.119. The number of hydrogen-bond donors (Lipinski definition) is 2. The van der Waals surface area contributed by atoms with E-state index in [1.165, 1.54) is 10.8 Å². The van der Waals surface area contributed by atoms with Crippen molar-refractivity contribution in [3.63, 3.8) is 0 Å². The Hall–Kier alpha value is -2.19. The number of primary amides is 1. The van der Waals surface area contributed by atoms with Crippen molar-refractivity contribution >= 4 is 11.8 Å². The molecule has 2 amide bonds. The minimum Gasteiger partial charge on any atom is -0.391 e. The fourth-order valence-corrected chi connectivity index (χ4v) is 3.94. The number of hydrogen-bond acceptors (Lipinski definition) is 5. The summed E-state index contributed by atoms with van der Waals surface area (Å²) < 4.78 is 7.32. The van der Waals surface area contributed by atoms with Crippen molar-refractivity contribution < 1.29 is 19.4 Å². The lowest BCUT2D eigenvalue weighted by Gasteiger charge is -2.47. The Kier molecular flexibility index (Phi) is 3.07. The van der Waals surface area contributed by atoms with Gasteiger partial charge < -0.3 is 25.0 Å². The fraction of sp³-hybridized carbons (Fsp3) is 0.533. The number of carbonyl (C=O) groups excluding carboxylic acids is 2. The normalized spacial score (nSPS) is 32.2. The average Bonchev–Trinajstić information content (AvgIpc) is 2.89. The molecule has 4 atom stereocenters. The Balaban J connectivity index is 1.79. The predicted molar refractivity (Wildman–Crippen MR) is 77.6 cm³/mol. The van der Waals surface area contributed by atoms with E-state index in [-0.39, 0.29) is 29.1 Å². The molecule has 122 valence electrons. The Morgan fingerprint density at radius 2 is 2.13 bits per heavy atom. The van der Waals surface area contributed by atoms with Crippen molar-refractivity contribution in [3.05, 3.63) is 33.7 Å².